The van der Waals surface area contributed by atoms with Gasteiger partial charge in [0.25, 0.3) is 0 Å². The van der Waals surface area contributed by atoms with Crippen LogP contribution in [-0.2, 0) is 0 Å². The molecule has 0 rings (SSSR count). The molecule has 0 aliphatic carbocycles. The summed E-state index contributed by atoms with van der Waals surface area (Å²) in [4.78, 5) is 4.23. The Balaban J connectivity index is 3.75. The lowest BCUT2D eigenvalue weighted by molar-refractivity contribution is 0.578. The van der Waals surface area contributed by atoms with Crippen LogP contribution in [0.1, 0.15) is 40.5 Å². The summed E-state index contributed by atoms with van der Waals surface area (Å²) in [5, 5.41) is 0. The highest BCUT2D eigenvalue weighted by Gasteiger charge is 1.93. The monoisotopic (exact) mass is 153 g/mol. The van der Waals surface area contributed by atoms with Gasteiger partial charge < -0.3 is 0 Å². The molecule has 1 unspecified atom stereocenters. The van der Waals surface area contributed by atoms with Crippen LogP contribution in [0, 0.1) is 5.92 Å². The van der Waals surface area contributed by atoms with Gasteiger partial charge in [-0.2, -0.15) is 0 Å². The molecule has 0 N–H and O–H groups in total. The minimum Gasteiger partial charge on any atom is -0.243 e. The first-order chi connectivity index (χ1) is 5.20. The molecule has 0 aromatic heterocycles. The molecule has 0 radical (unpaired) electrons. The summed E-state index contributed by atoms with van der Waals surface area (Å²) in [5.41, 5.74) is 1.24. The molecule has 0 spiro atoms. The van der Waals surface area contributed by atoms with Crippen molar-refractivity contribution in [2.45, 2.75) is 40.5 Å². The summed E-state index contributed by atoms with van der Waals surface area (Å²) in [6.45, 7) is 9.53. The van der Waals surface area contributed by atoms with Crippen molar-refractivity contribution in [1.29, 1.82) is 0 Å². The fourth-order valence-corrected chi connectivity index (χ4v) is 0.545. The van der Waals surface area contributed by atoms with Crippen molar-refractivity contribution < 1.29 is 0 Å². The topological polar surface area (TPSA) is 12.4 Å². The molecule has 0 bridgehead atoms. The molecule has 0 aliphatic rings. The average Bonchev–Trinajstić information content (AvgIpc) is 2.04. The average molecular weight is 153 g/mol. The Bertz CT molecular complexity index is 152. The fraction of sp³-hybridized carbons (Fsp3) is 0.800. The maximum atomic E-state index is 4.23. The van der Waals surface area contributed by atoms with E-state index in [9.17, 15) is 0 Å². The van der Waals surface area contributed by atoms with Crippen molar-refractivity contribution in [1.82, 2.24) is 0 Å². The molecule has 1 nitrogen and oxygen atoms in total. The SMILES string of the molecule is CCC(C)=C=NCC(C)CC. The first-order valence-electron chi connectivity index (χ1n) is 4.45. The second-order valence-electron chi connectivity index (χ2n) is 3.10. The standard InChI is InChI=1S/C10H19N/c1-5-9(3)7-11-8-10(4)6-2/h9H,5-7H2,1-4H3. The van der Waals surface area contributed by atoms with Crippen LogP contribution >= 0.6 is 0 Å². The van der Waals surface area contributed by atoms with Crippen LogP contribution in [0.5, 0.6) is 0 Å². The van der Waals surface area contributed by atoms with Gasteiger partial charge >= 0.3 is 0 Å². The maximum Gasteiger partial charge on any atom is 0.0509 e. The third kappa shape index (κ3) is 5.87. The molecule has 1 atom stereocenters. The highest BCUT2D eigenvalue weighted by atomic mass is 14.7. The molecule has 0 aromatic rings. The highest BCUT2D eigenvalue weighted by molar-refractivity contribution is 5.56. The number of hydrogen-bond acceptors (Lipinski definition) is 1. The van der Waals surface area contributed by atoms with Gasteiger partial charge in [-0.15, -0.1) is 0 Å². The van der Waals surface area contributed by atoms with Crippen molar-refractivity contribution in [2.75, 3.05) is 6.54 Å². The number of aliphatic imine (C=N–C) groups is 1. The maximum absolute atomic E-state index is 4.23. The molecule has 0 saturated heterocycles. The van der Waals surface area contributed by atoms with Gasteiger partial charge in [0.2, 0.25) is 0 Å². The quantitative estimate of drug-likeness (QED) is 0.550. The third-order valence-electron chi connectivity index (χ3n) is 1.90. The van der Waals surface area contributed by atoms with E-state index in [0.717, 1.165) is 13.0 Å². The summed E-state index contributed by atoms with van der Waals surface area (Å²) in [5.74, 6) is 3.74. The van der Waals surface area contributed by atoms with Gasteiger partial charge in [-0.05, 0) is 30.7 Å². The van der Waals surface area contributed by atoms with Crippen LogP contribution in [0.25, 0.3) is 0 Å². The van der Waals surface area contributed by atoms with Gasteiger partial charge in [-0.3, -0.25) is 0 Å². The lowest BCUT2D eigenvalue weighted by Gasteiger charge is -2.00. The summed E-state index contributed by atoms with van der Waals surface area (Å²) in [6.07, 6.45) is 2.26. The molecule has 64 valence electrons. The van der Waals surface area contributed by atoms with Gasteiger partial charge in [0.05, 0.1) is 6.54 Å². The molecule has 0 amide bonds. The van der Waals surface area contributed by atoms with E-state index < -0.39 is 0 Å². The predicted molar refractivity (Wildman–Crippen MR) is 51.2 cm³/mol. The number of allylic oxidation sites excluding steroid dienone is 1. The van der Waals surface area contributed by atoms with Gasteiger partial charge in [0.15, 0.2) is 0 Å². The van der Waals surface area contributed by atoms with Crippen molar-refractivity contribution >= 4 is 5.87 Å². The minimum atomic E-state index is 0.701. The van der Waals surface area contributed by atoms with Crippen molar-refractivity contribution in [2.24, 2.45) is 10.9 Å². The zero-order chi connectivity index (χ0) is 8.69. The van der Waals surface area contributed by atoms with Crippen LogP contribution < -0.4 is 0 Å². The Morgan fingerprint density at radius 1 is 1.45 bits per heavy atom. The fourth-order valence-electron chi connectivity index (χ4n) is 0.545. The van der Waals surface area contributed by atoms with Gasteiger partial charge in [0.1, 0.15) is 0 Å². The highest BCUT2D eigenvalue weighted by Crippen LogP contribution is 1.99. The van der Waals surface area contributed by atoms with E-state index in [4.69, 9.17) is 0 Å². The van der Waals surface area contributed by atoms with Gasteiger partial charge in [-0.1, -0.05) is 27.2 Å². The Morgan fingerprint density at radius 3 is 2.55 bits per heavy atom. The lowest BCUT2D eigenvalue weighted by Crippen LogP contribution is -1.95. The van der Waals surface area contributed by atoms with Crippen molar-refractivity contribution in [3.8, 4) is 0 Å². The second-order valence-corrected chi connectivity index (χ2v) is 3.10. The molecule has 0 aromatic carbocycles. The van der Waals surface area contributed by atoms with E-state index in [1.165, 1.54) is 12.0 Å². The summed E-state index contributed by atoms with van der Waals surface area (Å²) in [7, 11) is 0. The lowest BCUT2D eigenvalue weighted by atomic mass is 10.1. The normalized spacial score (nSPS) is 12.0. The summed E-state index contributed by atoms with van der Waals surface area (Å²) in [6, 6.07) is 0. The number of hydrogen-bond donors (Lipinski definition) is 0. The van der Waals surface area contributed by atoms with E-state index in [0.29, 0.717) is 5.92 Å². The molecular formula is C10H19N. The minimum absolute atomic E-state index is 0.701. The second kappa shape index (κ2) is 6.18. The van der Waals surface area contributed by atoms with E-state index in [-0.39, 0.29) is 0 Å². The molecule has 0 saturated carbocycles. The predicted octanol–water partition coefficient (Wildman–Crippen LogP) is 3.06. The molecular weight excluding hydrogens is 134 g/mol. The largest absolute Gasteiger partial charge is 0.243 e. The number of rotatable bonds is 4. The third-order valence-corrected chi connectivity index (χ3v) is 1.90. The van der Waals surface area contributed by atoms with Crippen LogP contribution in [0.15, 0.2) is 10.6 Å². The Hall–Kier alpha value is -0.550. The van der Waals surface area contributed by atoms with Crippen molar-refractivity contribution in [3.05, 3.63) is 5.57 Å². The number of nitrogens with zero attached hydrogens (tertiary/aromatic N) is 1. The molecule has 1 heteroatoms. The summed E-state index contributed by atoms with van der Waals surface area (Å²) < 4.78 is 0. The Morgan fingerprint density at radius 2 is 2.09 bits per heavy atom. The molecule has 0 heterocycles. The first kappa shape index (κ1) is 10.4. The zero-order valence-corrected chi connectivity index (χ0v) is 8.15. The van der Waals surface area contributed by atoms with Gasteiger partial charge in [0, 0.05) is 0 Å². The van der Waals surface area contributed by atoms with Crippen LogP contribution in [-0.4, -0.2) is 12.4 Å². The van der Waals surface area contributed by atoms with E-state index >= 15 is 0 Å². The van der Waals surface area contributed by atoms with E-state index in [1.807, 2.05) is 0 Å². The van der Waals surface area contributed by atoms with E-state index in [2.05, 4.69) is 38.6 Å². The zero-order valence-electron chi connectivity index (χ0n) is 8.15. The van der Waals surface area contributed by atoms with Crippen LogP contribution in [0.4, 0.5) is 0 Å². The van der Waals surface area contributed by atoms with Crippen molar-refractivity contribution in [3.63, 3.8) is 0 Å². The van der Waals surface area contributed by atoms with Crippen LogP contribution in [0.3, 0.4) is 0 Å². The smallest absolute Gasteiger partial charge is 0.0509 e. The molecule has 11 heavy (non-hydrogen) atoms. The summed E-state index contributed by atoms with van der Waals surface area (Å²) >= 11 is 0. The van der Waals surface area contributed by atoms with Gasteiger partial charge in [-0.25, -0.2) is 4.99 Å². The Kier molecular flexibility index (Phi) is 5.87. The van der Waals surface area contributed by atoms with E-state index in [1.54, 1.807) is 0 Å². The van der Waals surface area contributed by atoms with Crippen LogP contribution in [0.2, 0.25) is 0 Å². The molecule has 0 aliphatic heterocycles. The Labute approximate surface area is 70.2 Å². The molecule has 0 fully saturated rings. The first-order valence-corrected chi connectivity index (χ1v) is 4.45.